The summed E-state index contributed by atoms with van der Waals surface area (Å²) < 4.78 is 31.7. The van der Waals surface area contributed by atoms with Gasteiger partial charge in [0.1, 0.15) is 5.69 Å². The van der Waals surface area contributed by atoms with Crippen LogP contribution in [0.15, 0.2) is 18.2 Å². The Kier molecular flexibility index (Phi) is 7.10. The van der Waals surface area contributed by atoms with Crippen molar-refractivity contribution < 1.29 is 32.7 Å². The van der Waals surface area contributed by atoms with Gasteiger partial charge in [-0.15, -0.1) is 0 Å². The van der Waals surface area contributed by atoms with Gasteiger partial charge in [-0.2, -0.15) is 13.2 Å². The Bertz CT molecular complexity index is 815. The number of aromatic nitrogens is 1. The fourth-order valence-corrected chi connectivity index (χ4v) is 4.41. The molecule has 1 aromatic heterocycles. The molecule has 2 atom stereocenters. The van der Waals surface area contributed by atoms with Gasteiger partial charge in [-0.25, -0.2) is 9.78 Å². The average molecular weight is 429 g/mol. The van der Waals surface area contributed by atoms with Crippen LogP contribution in [-0.2, 0) is 9.59 Å². The number of hydrogen-bond donors (Lipinski definition) is 1. The highest BCUT2D eigenvalue weighted by Gasteiger charge is 2.52. The molecule has 3 heterocycles. The zero-order valence-electron chi connectivity index (χ0n) is 17.2. The lowest BCUT2D eigenvalue weighted by Gasteiger charge is -2.51. The molecule has 3 rings (SSSR count). The second kappa shape index (κ2) is 9.01. The van der Waals surface area contributed by atoms with Crippen LogP contribution >= 0.6 is 0 Å². The molecule has 0 unspecified atom stereocenters. The number of amides is 2. The molecule has 10 heteroatoms. The molecule has 0 bridgehead atoms. The third-order valence-corrected chi connectivity index (χ3v) is 5.82. The van der Waals surface area contributed by atoms with E-state index >= 15 is 0 Å². The maximum Gasteiger partial charge on any atom is 0.490 e. The summed E-state index contributed by atoms with van der Waals surface area (Å²) in [7, 11) is 1.90. The fourth-order valence-electron chi connectivity index (χ4n) is 4.41. The van der Waals surface area contributed by atoms with Crippen molar-refractivity contribution >= 4 is 17.8 Å². The van der Waals surface area contributed by atoms with E-state index in [9.17, 15) is 22.8 Å². The number of carbonyl (C=O) groups excluding carboxylic acids is 2. The molecule has 0 aliphatic carbocycles. The topological polar surface area (TPSA) is 90.8 Å². The summed E-state index contributed by atoms with van der Waals surface area (Å²) >= 11 is 0. The van der Waals surface area contributed by atoms with Crippen LogP contribution in [0, 0.1) is 6.92 Å². The number of carboxylic acid groups (broad SMARTS) is 1. The molecule has 0 aromatic carbocycles. The first kappa shape index (κ1) is 23.6. The number of halogens is 3. The molecule has 2 fully saturated rings. The summed E-state index contributed by atoms with van der Waals surface area (Å²) in [5.74, 6) is -2.56. The Hall–Kier alpha value is -2.65. The Morgan fingerprint density at radius 2 is 1.93 bits per heavy atom. The smallest absolute Gasteiger partial charge is 0.475 e. The van der Waals surface area contributed by atoms with E-state index in [0.29, 0.717) is 12.1 Å². The van der Waals surface area contributed by atoms with Gasteiger partial charge in [-0.1, -0.05) is 13.0 Å². The number of carbonyl (C=O) groups is 3. The highest BCUT2D eigenvalue weighted by molar-refractivity contribution is 5.93. The number of nitrogens with zero attached hydrogens (tertiary/aromatic N) is 3. The molecule has 2 saturated heterocycles. The van der Waals surface area contributed by atoms with Crippen LogP contribution in [0.5, 0.6) is 0 Å². The van der Waals surface area contributed by atoms with Crippen molar-refractivity contribution in [1.29, 1.82) is 0 Å². The first-order valence-electron chi connectivity index (χ1n) is 9.75. The molecule has 1 spiro atoms. The highest BCUT2D eigenvalue weighted by atomic mass is 19.4. The standard InChI is InChI=1S/C18H25N3O2.C2HF3O2/c1-4-15-18(11-9-16(22)20(18)3)10-6-12-21(15)17(23)14-8-5-7-13(2)19-14;3-2(4,5)1(6)7/h5,7-8,15H,4,6,9-12H2,1-3H3;(H,6,7)/t15-,18-;/m0./s1. The van der Waals surface area contributed by atoms with E-state index < -0.39 is 12.1 Å². The van der Waals surface area contributed by atoms with E-state index in [1.807, 2.05) is 35.9 Å². The molecule has 1 aromatic rings. The van der Waals surface area contributed by atoms with Gasteiger partial charge >= 0.3 is 12.1 Å². The summed E-state index contributed by atoms with van der Waals surface area (Å²) in [6, 6.07) is 5.63. The Balaban J connectivity index is 0.000000396. The van der Waals surface area contributed by atoms with Crippen LogP contribution < -0.4 is 0 Å². The minimum absolute atomic E-state index is 0.00706. The molecule has 0 saturated carbocycles. The average Bonchev–Trinajstić information content (AvgIpc) is 2.96. The Morgan fingerprint density at radius 1 is 1.30 bits per heavy atom. The molecule has 2 amide bonds. The summed E-state index contributed by atoms with van der Waals surface area (Å²) in [6.07, 6.45) is -0.858. The molecule has 2 aliphatic rings. The van der Waals surface area contributed by atoms with Crippen LogP contribution in [0.2, 0.25) is 0 Å². The van der Waals surface area contributed by atoms with Gasteiger partial charge in [0, 0.05) is 25.7 Å². The summed E-state index contributed by atoms with van der Waals surface area (Å²) in [5.41, 5.74) is 1.17. The van der Waals surface area contributed by atoms with Crippen LogP contribution in [0.1, 0.15) is 55.2 Å². The predicted molar refractivity (Wildman–Crippen MR) is 102 cm³/mol. The van der Waals surface area contributed by atoms with E-state index in [-0.39, 0.29) is 23.4 Å². The summed E-state index contributed by atoms with van der Waals surface area (Å²) in [5, 5.41) is 7.12. The number of piperidine rings is 1. The number of aliphatic carboxylic acids is 1. The number of hydrogen-bond acceptors (Lipinski definition) is 4. The zero-order valence-corrected chi connectivity index (χ0v) is 17.2. The van der Waals surface area contributed by atoms with Crippen molar-refractivity contribution in [1.82, 2.24) is 14.8 Å². The predicted octanol–water partition coefficient (Wildman–Crippen LogP) is 3.03. The van der Waals surface area contributed by atoms with Crippen LogP contribution in [0.25, 0.3) is 0 Å². The van der Waals surface area contributed by atoms with Crippen LogP contribution in [-0.4, -0.2) is 69.0 Å². The maximum atomic E-state index is 13.0. The Morgan fingerprint density at radius 3 is 2.40 bits per heavy atom. The molecular weight excluding hydrogens is 403 g/mol. The van der Waals surface area contributed by atoms with Crippen LogP contribution in [0.4, 0.5) is 13.2 Å². The van der Waals surface area contributed by atoms with Gasteiger partial charge < -0.3 is 14.9 Å². The van der Waals surface area contributed by atoms with E-state index in [4.69, 9.17) is 9.90 Å². The van der Waals surface area contributed by atoms with Crippen molar-refractivity contribution in [3.63, 3.8) is 0 Å². The summed E-state index contributed by atoms with van der Waals surface area (Å²) in [6.45, 7) is 4.75. The minimum atomic E-state index is -5.08. The van der Waals surface area contributed by atoms with E-state index in [1.54, 1.807) is 6.07 Å². The van der Waals surface area contributed by atoms with Crippen molar-refractivity contribution in [3.8, 4) is 0 Å². The summed E-state index contributed by atoms with van der Waals surface area (Å²) in [4.78, 5) is 42.3. The maximum absolute atomic E-state index is 13.0. The third kappa shape index (κ3) is 4.73. The number of carboxylic acids is 1. The van der Waals surface area contributed by atoms with Gasteiger partial charge in [0.05, 0.1) is 11.6 Å². The van der Waals surface area contributed by atoms with Gasteiger partial charge in [-0.3, -0.25) is 9.59 Å². The van der Waals surface area contributed by atoms with E-state index in [1.165, 1.54) is 0 Å². The molecule has 30 heavy (non-hydrogen) atoms. The number of rotatable bonds is 2. The Labute approximate surface area is 172 Å². The SMILES string of the molecule is CC[C@@H]1N(C(=O)c2cccc(C)n2)CCC[C@]12CCC(=O)N2C.O=C(O)C(F)(F)F. The number of aryl methyl sites for hydroxylation is 1. The zero-order chi connectivity index (χ0) is 22.7. The van der Waals surface area contributed by atoms with E-state index in [0.717, 1.165) is 37.9 Å². The van der Waals surface area contributed by atoms with Gasteiger partial charge in [0.25, 0.3) is 5.91 Å². The van der Waals surface area contributed by atoms with Gasteiger partial charge in [-0.05, 0) is 44.7 Å². The van der Waals surface area contributed by atoms with Gasteiger partial charge in [0.15, 0.2) is 0 Å². The van der Waals surface area contributed by atoms with Gasteiger partial charge in [0.2, 0.25) is 5.91 Å². The molecule has 1 N–H and O–H groups in total. The second-order valence-corrected chi connectivity index (χ2v) is 7.55. The lowest BCUT2D eigenvalue weighted by Crippen LogP contribution is -2.63. The number of pyridine rings is 1. The van der Waals surface area contributed by atoms with Crippen molar-refractivity contribution in [2.75, 3.05) is 13.6 Å². The number of likely N-dealkylation sites (N-methyl/N-ethyl adjacent to an activating group) is 1. The first-order valence-corrected chi connectivity index (χ1v) is 9.75. The monoisotopic (exact) mass is 429 g/mol. The van der Waals surface area contributed by atoms with Crippen molar-refractivity contribution in [3.05, 3.63) is 29.6 Å². The lowest BCUT2D eigenvalue weighted by atomic mass is 9.77. The molecule has 166 valence electrons. The molecule has 2 aliphatic heterocycles. The number of likely N-dealkylation sites (tertiary alicyclic amines) is 2. The van der Waals surface area contributed by atoms with E-state index in [2.05, 4.69) is 11.9 Å². The third-order valence-electron chi connectivity index (χ3n) is 5.82. The molecular formula is C20H26F3N3O4. The molecule has 0 radical (unpaired) electrons. The first-order chi connectivity index (χ1) is 13.9. The normalized spacial score (nSPS) is 23.9. The van der Waals surface area contributed by atoms with Crippen molar-refractivity contribution in [2.45, 2.75) is 63.7 Å². The van der Waals surface area contributed by atoms with Crippen LogP contribution in [0.3, 0.4) is 0 Å². The fraction of sp³-hybridized carbons (Fsp3) is 0.600. The lowest BCUT2D eigenvalue weighted by molar-refractivity contribution is -0.192. The highest BCUT2D eigenvalue weighted by Crippen LogP contribution is 2.42. The largest absolute Gasteiger partial charge is 0.490 e. The number of alkyl halides is 3. The second-order valence-electron chi connectivity index (χ2n) is 7.55. The quantitative estimate of drug-likeness (QED) is 0.781. The minimum Gasteiger partial charge on any atom is -0.475 e. The van der Waals surface area contributed by atoms with Crippen molar-refractivity contribution in [2.24, 2.45) is 0 Å². The molecule has 7 nitrogen and oxygen atoms in total.